The van der Waals surface area contributed by atoms with Gasteiger partial charge in [-0.25, -0.2) is 13.2 Å². The Morgan fingerprint density at radius 1 is 1.07 bits per heavy atom. The number of hydrogen-bond donors (Lipinski definition) is 1. The highest BCUT2D eigenvalue weighted by Crippen LogP contribution is 2.28. The van der Waals surface area contributed by atoms with Crippen LogP contribution in [0, 0.1) is 0 Å². The summed E-state index contributed by atoms with van der Waals surface area (Å²) in [5.41, 5.74) is 1.03. The quantitative estimate of drug-likeness (QED) is 0.575. The summed E-state index contributed by atoms with van der Waals surface area (Å²) in [6.45, 7) is 3.72. The Morgan fingerprint density at radius 2 is 1.80 bits per heavy atom. The standard InChI is InChI=1S/C22H22N2O5S/c1-3-16-7-12-20(14-21(16)22(25)26)30(27,28)24(4-2)17-8-10-18(11-9-17)29-19-6-5-13-23-15-19/h5-15H,3-4H2,1-2H3,(H,25,26). The molecule has 0 aliphatic rings. The normalized spacial score (nSPS) is 11.1. The van der Waals surface area contributed by atoms with Gasteiger partial charge >= 0.3 is 5.97 Å². The highest BCUT2D eigenvalue weighted by Gasteiger charge is 2.25. The molecule has 0 unspecified atom stereocenters. The van der Waals surface area contributed by atoms with Crippen molar-refractivity contribution in [3.63, 3.8) is 0 Å². The number of aromatic nitrogens is 1. The van der Waals surface area contributed by atoms with Gasteiger partial charge in [0.1, 0.15) is 11.5 Å². The largest absolute Gasteiger partial charge is 0.478 e. The van der Waals surface area contributed by atoms with Crippen molar-refractivity contribution in [2.24, 2.45) is 0 Å². The first kappa shape index (κ1) is 21.3. The van der Waals surface area contributed by atoms with Crippen LogP contribution in [0.4, 0.5) is 5.69 Å². The minimum atomic E-state index is -3.94. The third-order valence-corrected chi connectivity index (χ3v) is 6.46. The highest BCUT2D eigenvalue weighted by molar-refractivity contribution is 7.92. The second kappa shape index (κ2) is 8.96. The Kier molecular flexibility index (Phi) is 6.37. The Bertz CT molecular complexity index is 1130. The van der Waals surface area contributed by atoms with Gasteiger partial charge in [0.05, 0.1) is 22.3 Å². The fraction of sp³-hybridized carbons (Fsp3) is 0.182. The van der Waals surface area contributed by atoms with Crippen LogP contribution in [0.15, 0.2) is 71.9 Å². The van der Waals surface area contributed by atoms with Crippen molar-refractivity contribution in [1.82, 2.24) is 4.98 Å². The number of hydrogen-bond acceptors (Lipinski definition) is 5. The fourth-order valence-electron chi connectivity index (χ4n) is 3.07. The minimum Gasteiger partial charge on any atom is -0.478 e. The van der Waals surface area contributed by atoms with Crippen molar-refractivity contribution < 1.29 is 23.1 Å². The summed E-state index contributed by atoms with van der Waals surface area (Å²) >= 11 is 0. The number of carboxylic acid groups (broad SMARTS) is 1. The summed E-state index contributed by atoms with van der Waals surface area (Å²) < 4.78 is 33.3. The summed E-state index contributed by atoms with van der Waals surface area (Å²) in [5, 5.41) is 9.42. The molecule has 1 heterocycles. The number of carboxylic acids is 1. The van der Waals surface area contributed by atoms with E-state index in [9.17, 15) is 18.3 Å². The van der Waals surface area contributed by atoms with Gasteiger partial charge in [-0.15, -0.1) is 0 Å². The van der Waals surface area contributed by atoms with Crippen LogP contribution in [-0.2, 0) is 16.4 Å². The molecule has 7 nitrogen and oxygen atoms in total. The lowest BCUT2D eigenvalue weighted by molar-refractivity contribution is 0.0695. The van der Waals surface area contributed by atoms with E-state index in [4.69, 9.17) is 4.74 Å². The summed E-state index contributed by atoms with van der Waals surface area (Å²) in [6.07, 6.45) is 3.72. The number of pyridine rings is 1. The molecule has 3 aromatic rings. The molecule has 1 N–H and O–H groups in total. The van der Waals surface area contributed by atoms with E-state index >= 15 is 0 Å². The zero-order valence-electron chi connectivity index (χ0n) is 16.6. The molecule has 8 heteroatoms. The van der Waals surface area contributed by atoms with Crippen molar-refractivity contribution in [2.45, 2.75) is 25.2 Å². The Labute approximate surface area is 175 Å². The number of nitrogens with zero attached hydrogens (tertiary/aromatic N) is 2. The van der Waals surface area contributed by atoms with Crippen LogP contribution in [0.1, 0.15) is 29.8 Å². The monoisotopic (exact) mass is 426 g/mol. The maximum Gasteiger partial charge on any atom is 0.336 e. The first-order valence-electron chi connectivity index (χ1n) is 9.43. The van der Waals surface area contributed by atoms with E-state index in [1.807, 2.05) is 6.92 Å². The molecule has 0 bridgehead atoms. The third-order valence-electron chi connectivity index (χ3n) is 4.56. The number of rotatable bonds is 8. The topological polar surface area (TPSA) is 96.8 Å². The van der Waals surface area contributed by atoms with E-state index < -0.39 is 16.0 Å². The molecular formula is C22H22N2O5S. The molecule has 0 fully saturated rings. The number of ether oxygens (including phenoxy) is 1. The van der Waals surface area contributed by atoms with Crippen LogP contribution >= 0.6 is 0 Å². The second-order valence-corrected chi connectivity index (χ2v) is 8.29. The van der Waals surface area contributed by atoms with Crippen molar-refractivity contribution >= 4 is 21.7 Å². The molecule has 30 heavy (non-hydrogen) atoms. The molecule has 0 spiro atoms. The molecule has 3 rings (SSSR count). The second-order valence-electron chi connectivity index (χ2n) is 6.43. The Balaban J connectivity index is 1.91. The van der Waals surface area contributed by atoms with Crippen LogP contribution in [0.25, 0.3) is 0 Å². The van der Waals surface area contributed by atoms with Gasteiger partial charge < -0.3 is 9.84 Å². The number of benzene rings is 2. The number of aromatic carboxylic acids is 1. The Morgan fingerprint density at radius 3 is 2.37 bits per heavy atom. The van der Waals surface area contributed by atoms with Gasteiger partial charge in [-0.2, -0.15) is 0 Å². The van der Waals surface area contributed by atoms with Gasteiger partial charge in [0.2, 0.25) is 0 Å². The molecule has 1 aromatic heterocycles. The van der Waals surface area contributed by atoms with Crippen LogP contribution in [0.5, 0.6) is 11.5 Å². The van der Waals surface area contributed by atoms with Crippen molar-refractivity contribution in [1.29, 1.82) is 0 Å². The molecule has 0 atom stereocenters. The minimum absolute atomic E-state index is 0.00477. The van der Waals surface area contributed by atoms with Gasteiger partial charge in [-0.05, 0) is 67.4 Å². The molecule has 156 valence electrons. The average molecular weight is 426 g/mol. The number of aryl methyl sites for hydroxylation is 1. The predicted octanol–water partition coefficient (Wildman–Crippen LogP) is 4.35. The lowest BCUT2D eigenvalue weighted by Gasteiger charge is -2.23. The first-order valence-corrected chi connectivity index (χ1v) is 10.9. The van der Waals surface area contributed by atoms with E-state index in [1.165, 1.54) is 16.4 Å². The average Bonchev–Trinajstić information content (AvgIpc) is 2.75. The summed E-state index contributed by atoms with van der Waals surface area (Å²) in [7, 11) is -3.94. The van der Waals surface area contributed by atoms with Crippen molar-refractivity contribution in [3.8, 4) is 11.5 Å². The highest BCUT2D eigenvalue weighted by atomic mass is 32.2. The van der Waals surface area contributed by atoms with Crippen LogP contribution in [-0.4, -0.2) is 31.0 Å². The molecule has 2 aromatic carbocycles. The summed E-state index contributed by atoms with van der Waals surface area (Å²) in [6, 6.07) is 14.4. The van der Waals surface area contributed by atoms with Crippen LogP contribution in [0.3, 0.4) is 0 Å². The molecule has 0 saturated carbocycles. The van der Waals surface area contributed by atoms with Gasteiger partial charge in [0.15, 0.2) is 0 Å². The molecule has 0 saturated heterocycles. The van der Waals surface area contributed by atoms with E-state index in [0.29, 0.717) is 29.2 Å². The van der Waals surface area contributed by atoms with Crippen molar-refractivity contribution in [3.05, 3.63) is 78.1 Å². The third kappa shape index (κ3) is 4.44. The van der Waals surface area contributed by atoms with Gasteiger partial charge in [-0.3, -0.25) is 9.29 Å². The number of carbonyl (C=O) groups is 1. The molecule has 0 aliphatic carbocycles. The van der Waals surface area contributed by atoms with E-state index in [0.717, 1.165) is 0 Å². The number of anilines is 1. The van der Waals surface area contributed by atoms with Crippen LogP contribution in [0.2, 0.25) is 0 Å². The molecule has 0 amide bonds. The van der Waals surface area contributed by atoms with Gasteiger partial charge in [0.25, 0.3) is 10.0 Å². The Hall–Kier alpha value is -3.39. The maximum atomic E-state index is 13.2. The van der Waals surface area contributed by atoms with Gasteiger partial charge in [0, 0.05) is 12.7 Å². The zero-order valence-corrected chi connectivity index (χ0v) is 17.5. The van der Waals surface area contributed by atoms with Gasteiger partial charge in [-0.1, -0.05) is 13.0 Å². The van der Waals surface area contributed by atoms with E-state index in [2.05, 4.69) is 4.98 Å². The molecular weight excluding hydrogens is 404 g/mol. The SMILES string of the molecule is CCc1ccc(S(=O)(=O)N(CC)c2ccc(Oc3cccnc3)cc2)cc1C(=O)O. The summed E-state index contributed by atoms with van der Waals surface area (Å²) in [5.74, 6) is -0.0352. The smallest absolute Gasteiger partial charge is 0.336 e. The van der Waals surface area contributed by atoms with E-state index in [1.54, 1.807) is 61.8 Å². The molecule has 0 radical (unpaired) electrons. The first-order chi connectivity index (χ1) is 14.4. The van der Waals surface area contributed by atoms with E-state index in [-0.39, 0.29) is 17.0 Å². The van der Waals surface area contributed by atoms with Crippen LogP contribution < -0.4 is 9.04 Å². The van der Waals surface area contributed by atoms with Crippen molar-refractivity contribution in [2.75, 3.05) is 10.8 Å². The maximum absolute atomic E-state index is 13.2. The lowest BCUT2D eigenvalue weighted by Crippen LogP contribution is -2.31. The predicted molar refractivity (Wildman–Crippen MR) is 114 cm³/mol. The lowest BCUT2D eigenvalue weighted by atomic mass is 10.1. The molecule has 0 aliphatic heterocycles. The zero-order chi connectivity index (χ0) is 21.7. The fourth-order valence-corrected chi connectivity index (χ4v) is 4.57. The number of sulfonamides is 1. The summed E-state index contributed by atoms with van der Waals surface area (Å²) in [4.78, 5) is 15.5.